The van der Waals surface area contributed by atoms with Crippen molar-refractivity contribution in [3.8, 4) is 0 Å². The van der Waals surface area contributed by atoms with E-state index in [4.69, 9.17) is 4.74 Å². The lowest BCUT2D eigenvalue weighted by Gasteiger charge is -2.16. The highest BCUT2D eigenvalue weighted by Crippen LogP contribution is 2.01. The number of amides is 1. The minimum Gasteiger partial charge on any atom is -0.383 e. The summed E-state index contributed by atoms with van der Waals surface area (Å²) in [4.78, 5) is 11.8. The zero-order valence-corrected chi connectivity index (χ0v) is 11.6. The predicted molar refractivity (Wildman–Crippen MR) is 72.4 cm³/mol. The number of rotatable bonds is 7. The molecule has 0 fully saturated rings. The maximum Gasteiger partial charge on any atom is 0.224 e. The molecular formula is C13H18BrNO2. The number of methoxy groups -OCH3 is 1. The van der Waals surface area contributed by atoms with Gasteiger partial charge in [-0.3, -0.25) is 4.79 Å². The summed E-state index contributed by atoms with van der Waals surface area (Å²) in [6.45, 7) is 0.548. The van der Waals surface area contributed by atoms with Crippen LogP contribution in [0.1, 0.15) is 12.0 Å². The van der Waals surface area contributed by atoms with Crippen LogP contribution in [0.25, 0.3) is 0 Å². The number of halogens is 1. The van der Waals surface area contributed by atoms with Gasteiger partial charge in [-0.25, -0.2) is 0 Å². The fourth-order valence-corrected chi connectivity index (χ4v) is 2.14. The molecule has 0 heterocycles. The van der Waals surface area contributed by atoms with Gasteiger partial charge in [0, 0.05) is 12.4 Å². The van der Waals surface area contributed by atoms with Crippen LogP contribution in [0.15, 0.2) is 30.3 Å². The molecule has 4 heteroatoms. The molecule has 1 atom stereocenters. The lowest BCUT2D eigenvalue weighted by atomic mass is 10.1. The van der Waals surface area contributed by atoms with Crippen molar-refractivity contribution in [1.82, 2.24) is 5.32 Å². The fourth-order valence-electron chi connectivity index (χ4n) is 1.59. The number of carbonyl (C=O) groups is 1. The fraction of sp³-hybridized carbons (Fsp3) is 0.462. The van der Waals surface area contributed by atoms with Gasteiger partial charge >= 0.3 is 0 Å². The van der Waals surface area contributed by atoms with E-state index in [1.165, 1.54) is 0 Å². The summed E-state index contributed by atoms with van der Waals surface area (Å²) in [6.07, 6.45) is 1.29. The second kappa shape index (κ2) is 8.25. The van der Waals surface area contributed by atoms with Crippen molar-refractivity contribution in [3.05, 3.63) is 35.9 Å². The molecule has 17 heavy (non-hydrogen) atoms. The molecule has 0 aliphatic rings. The Balaban J connectivity index is 2.42. The van der Waals surface area contributed by atoms with Crippen LogP contribution >= 0.6 is 15.9 Å². The normalized spacial score (nSPS) is 12.1. The molecule has 0 aliphatic carbocycles. The molecule has 1 N–H and O–H groups in total. The SMILES string of the molecule is COCC(CCBr)NC(=O)Cc1ccccc1. The lowest BCUT2D eigenvalue weighted by molar-refractivity contribution is -0.121. The minimum absolute atomic E-state index is 0.0409. The standard InChI is InChI=1S/C13H18BrNO2/c1-17-10-12(7-8-14)15-13(16)9-11-5-3-2-4-6-11/h2-6,12H,7-10H2,1H3,(H,15,16). The largest absolute Gasteiger partial charge is 0.383 e. The van der Waals surface area contributed by atoms with Crippen LogP contribution < -0.4 is 5.32 Å². The summed E-state index contributed by atoms with van der Waals surface area (Å²) in [6, 6.07) is 9.81. The summed E-state index contributed by atoms with van der Waals surface area (Å²) in [7, 11) is 1.64. The van der Waals surface area contributed by atoms with E-state index in [9.17, 15) is 4.79 Å². The third kappa shape index (κ3) is 5.84. The Bertz CT molecular complexity index is 323. The van der Waals surface area contributed by atoms with Crippen molar-refractivity contribution in [2.24, 2.45) is 0 Å². The molecule has 0 saturated heterocycles. The molecule has 1 aromatic rings. The molecule has 3 nitrogen and oxygen atoms in total. The predicted octanol–water partition coefficient (Wildman–Crippen LogP) is 2.15. The van der Waals surface area contributed by atoms with Crippen LogP contribution in [-0.4, -0.2) is 31.0 Å². The van der Waals surface area contributed by atoms with Crippen LogP contribution in [0.5, 0.6) is 0 Å². The van der Waals surface area contributed by atoms with Crippen LogP contribution in [0.2, 0.25) is 0 Å². The third-order valence-corrected chi connectivity index (χ3v) is 2.86. The van der Waals surface area contributed by atoms with Crippen molar-refractivity contribution in [3.63, 3.8) is 0 Å². The van der Waals surface area contributed by atoms with E-state index in [0.717, 1.165) is 17.3 Å². The highest BCUT2D eigenvalue weighted by molar-refractivity contribution is 9.09. The van der Waals surface area contributed by atoms with Crippen molar-refractivity contribution >= 4 is 21.8 Å². The summed E-state index contributed by atoms with van der Waals surface area (Å²) in [5.41, 5.74) is 1.03. The Labute approximate surface area is 111 Å². The highest BCUT2D eigenvalue weighted by atomic mass is 79.9. The molecule has 0 spiro atoms. The van der Waals surface area contributed by atoms with E-state index in [0.29, 0.717) is 13.0 Å². The molecular weight excluding hydrogens is 282 g/mol. The number of ether oxygens (including phenoxy) is 1. The average Bonchev–Trinajstić information content (AvgIpc) is 2.30. The number of alkyl halides is 1. The van der Waals surface area contributed by atoms with Gasteiger partial charge < -0.3 is 10.1 Å². The summed E-state index contributed by atoms with van der Waals surface area (Å²) in [5.74, 6) is 0.0409. The molecule has 0 radical (unpaired) electrons. The first-order valence-electron chi connectivity index (χ1n) is 5.64. The first-order chi connectivity index (χ1) is 8.26. The summed E-state index contributed by atoms with van der Waals surface area (Å²) in [5, 5.41) is 3.83. The third-order valence-electron chi connectivity index (χ3n) is 2.40. The van der Waals surface area contributed by atoms with Gasteiger partial charge in [0.2, 0.25) is 5.91 Å². The van der Waals surface area contributed by atoms with Crippen molar-refractivity contribution in [2.75, 3.05) is 19.0 Å². The first-order valence-corrected chi connectivity index (χ1v) is 6.76. The first kappa shape index (κ1) is 14.2. The van der Waals surface area contributed by atoms with Gasteiger partial charge in [-0.1, -0.05) is 46.3 Å². The molecule has 0 aromatic heterocycles. The van der Waals surface area contributed by atoms with E-state index in [-0.39, 0.29) is 11.9 Å². The van der Waals surface area contributed by atoms with E-state index in [1.807, 2.05) is 30.3 Å². The van der Waals surface area contributed by atoms with E-state index in [1.54, 1.807) is 7.11 Å². The van der Waals surface area contributed by atoms with Crippen molar-refractivity contribution in [2.45, 2.75) is 18.9 Å². The number of benzene rings is 1. The van der Waals surface area contributed by atoms with E-state index < -0.39 is 0 Å². The van der Waals surface area contributed by atoms with Gasteiger partial charge in [0.1, 0.15) is 0 Å². The second-order valence-electron chi connectivity index (χ2n) is 3.86. The van der Waals surface area contributed by atoms with Crippen LogP contribution in [0, 0.1) is 0 Å². The van der Waals surface area contributed by atoms with Gasteiger partial charge in [0.25, 0.3) is 0 Å². The zero-order valence-electron chi connectivity index (χ0n) is 9.99. The molecule has 1 aromatic carbocycles. The van der Waals surface area contributed by atoms with Gasteiger partial charge in [-0.05, 0) is 12.0 Å². The smallest absolute Gasteiger partial charge is 0.224 e. The summed E-state index contributed by atoms with van der Waals surface area (Å²) < 4.78 is 5.07. The van der Waals surface area contributed by atoms with E-state index >= 15 is 0 Å². The van der Waals surface area contributed by atoms with Crippen LogP contribution in [0.3, 0.4) is 0 Å². The van der Waals surface area contributed by atoms with Crippen molar-refractivity contribution in [1.29, 1.82) is 0 Å². The molecule has 0 bridgehead atoms. The molecule has 1 amide bonds. The lowest BCUT2D eigenvalue weighted by Crippen LogP contribution is -2.39. The van der Waals surface area contributed by atoms with Crippen LogP contribution in [-0.2, 0) is 16.0 Å². The maximum atomic E-state index is 11.8. The number of hydrogen-bond acceptors (Lipinski definition) is 2. The van der Waals surface area contributed by atoms with Gasteiger partial charge in [-0.2, -0.15) is 0 Å². The highest BCUT2D eigenvalue weighted by Gasteiger charge is 2.11. The second-order valence-corrected chi connectivity index (χ2v) is 4.65. The van der Waals surface area contributed by atoms with Crippen LogP contribution in [0.4, 0.5) is 0 Å². The number of hydrogen-bond donors (Lipinski definition) is 1. The maximum absolute atomic E-state index is 11.8. The monoisotopic (exact) mass is 299 g/mol. The quantitative estimate of drug-likeness (QED) is 0.784. The number of nitrogens with one attached hydrogen (secondary N) is 1. The Hall–Kier alpha value is -0.870. The van der Waals surface area contributed by atoms with Gasteiger partial charge in [0.15, 0.2) is 0 Å². The Kier molecular flexibility index (Phi) is 6.89. The Morgan fingerprint density at radius 3 is 2.71 bits per heavy atom. The van der Waals surface area contributed by atoms with E-state index in [2.05, 4.69) is 21.2 Å². The minimum atomic E-state index is 0.0409. The molecule has 94 valence electrons. The molecule has 0 aliphatic heterocycles. The average molecular weight is 300 g/mol. The molecule has 1 unspecified atom stereocenters. The topological polar surface area (TPSA) is 38.3 Å². The molecule has 1 rings (SSSR count). The number of carbonyl (C=O) groups excluding carboxylic acids is 1. The van der Waals surface area contributed by atoms with Gasteiger partial charge in [-0.15, -0.1) is 0 Å². The Morgan fingerprint density at radius 2 is 2.12 bits per heavy atom. The van der Waals surface area contributed by atoms with Gasteiger partial charge in [0.05, 0.1) is 19.1 Å². The zero-order chi connectivity index (χ0) is 12.5. The van der Waals surface area contributed by atoms with Crippen molar-refractivity contribution < 1.29 is 9.53 Å². The molecule has 0 saturated carbocycles. The summed E-state index contributed by atoms with van der Waals surface area (Å²) >= 11 is 3.37. The Morgan fingerprint density at radius 1 is 1.41 bits per heavy atom.